The van der Waals surface area contributed by atoms with E-state index in [9.17, 15) is 10.1 Å². The maximum atomic E-state index is 12.2. The molecule has 1 aromatic heterocycles. The Morgan fingerprint density at radius 2 is 1.86 bits per heavy atom. The minimum atomic E-state index is -0.145. The molecular formula is C22H19N3O2S. The zero-order valence-corrected chi connectivity index (χ0v) is 16.2. The van der Waals surface area contributed by atoms with Gasteiger partial charge in [-0.2, -0.15) is 5.26 Å². The molecule has 0 fully saturated rings. The van der Waals surface area contributed by atoms with Crippen LogP contribution in [0, 0.1) is 11.3 Å². The van der Waals surface area contributed by atoms with Crippen LogP contribution in [-0.4, -0.2) is 23.3 Å². The maximum Gasteiger partial charge on any atom is 0.234 e. The normalized spacial score (nSPS) is 10.1. The lowest BCUT2D eigenvalue weighted by molar-refractivity contribution is -0.113. The fourth-order valence-corrected chi connectivity index (χ4v) is 3.31. The van der Waals surface area contributed by atoms with Crippen molar-refractivity contribution < 1.29 is 9.53 Å². The number of carbonyl (C=O) groups excluding carboxylic acids is 1. The largest absolute Gasteiger partial charge is 0.494 e. The Labute approximate surface area is 168 Å². The van der Waals surface area contributed by atoms with Gasteiger partial charge in [-0.3, -0.25) is 4.79 Å². The monoisotopic (exact) mass is 389 g/mol. The van der Waals surface area contributed by atoms with Crippen LogP contribution in [0.2, 0.25) is 0 Å². The number of para-hydroxylation sites is 1. The smallest absolute Gasteiger partial charge is 0.234 e. The van der Waals surface area contributed by atoms with Crippen LogP contribution in [0.25, 0.3) is 11.3 Å². The highest BCUT2D eigenvalue weighted by atomic mass is 32.2. The number of thioether (sulfide) groups is 1. The van der Waals surface area contributed by atoms with Gasteiger partial charge >= 0.3 is 0 Å². The van der Waals surface area contributed by atoms with Crippen LogP contribution in [0.1, 0.15) is 12.5 Å². The van der Waals surface area contributed by atoms with Gasteiger partial charge in [0.05, 0.1) is 23.6 Å². The fraction of sp³-hybridized carbons (Fsp3) is 0.136. The van der Waals surface area contributed by atoms with Gasteiger partial charge in [-0.05, 0) is 55.5 Å². The molecule has 5 nitrogen and oxygen atoms in total. The third kappa shape index (κ3) is 5.12. The third-order valence-electron chi connectivity index (χ3n) is 3.84. The van der Waals surface area contributed by atoms with E-state index >= 15 is 0 Å². The van der Waals surface area contributed by atoms with Crippen molar-refractivity contribution in [3.63, 3.8) is 0 Å². The Morgan fingerprint density at radius 1 is 1.11 bits per heavy atom. The van der Waals surface area contributed by atoms with E-state index in [1.54, 1.807) is 6.07 Å². The van der Waals surface area contributed by atoms with Gasteiger partial charge in [0.25, 0.3) is 0 Å². The Hall–Kier alpha value is -3.30. The van der Waals surface area contributed by atoms with Crippen molar-refractivity contribution in [3.05, 3.63) is 72.3 Å². The van der Waals surface area contributed by atoms with Crippen molar-refractivity contribution in [3.8, 4) is 23.1 Å². The Balaban J connectivity index is 1.72. The van der Waals surface area contributed by atoms with Gasteiger partial charge in [-0.1, -0.05) is 30.0 Å². The van der Waals surface area contributed by atoms with Crippen molar-refractivity contribution in [1.29, 1.82) is 5.26 Å². The highest BCUT2D eigenvalue weighted by Gasteiger charge is 2.11. The molecule has 0 radical (unpaired) electrons. The molecule has 0 aliphatic rings. The Morgan fingerprint density at radius 3 is 2.54 bits per heavy atom. The second-order valence-corrected chi connectivity index (χ2v) is 6.79. The van der Waals surface area contributed by atoms with Crippen LogP contribution in [0.3, 0.4) is 0 Å². The van der Waals surface area contributed by atoms with Gasteiger partial charge in [-0.25, -0.2) is 4.98 Å². The number of ether oxygens (including phenoxy) is 1. The van der Waals surface area contributed by atoms with Crippen molar-refractivity contribution >= 4 is 23.4 Å². The van der Waals surface area contributed by atoms with E-state index in [0.29, 0.717) is 17.2 Å². The first-order valence-corrected chi connectivity index (χ1v) is 9.80. The van der Waals surface area contributed by atoms with Crippen LogP contribution in [-0.2, 0) is 4.79 Å². The number of amides is 1. The number of hydrogen-bond donors (Lipinski definition) is 1. The summed E-state index contributed by atoms with van der Waals surface area (Å²) in [6.45, 7) is 2.55. The minimum Gasteiger partial charge on any atom is -0.494 e. The zero-order chi connectivity index (χ0) is 19.8. The van der Waals surface area contributed by atoms with Gasteiger partial charge < -0.3 is 10.1 Å². The quantitative estimate of drug-likeness (QED) is 0.590. The molecular weight excluding hydrogens is 370 g/mol. The molecule has 2 aromatic carbocycles. The van der Waals surface area contributed by atoms with Crippen molar-refractivity contribution in [2.75, 3.05) is 17.7 Å². The standard InChI is InChI=1S/C22H19N3O2S/c1-2-27-19-11-8-16(9-12-19)20-13-10-17(14-23)22(25-20)28-15-21(26)24-18-6-4-3-5-7-18/h3-13H,2,15H2,1H3,(H,24,26). The number of hydrogen-bond acceptors (Lipinski definition) is 5. The number of carbonyl (C=O) groups is 1. The molecule has 1 amide bonds. The third-order valence-corrected chi connectivity index (χ3v) is 4.83. The van der Waals surface area contributed by atoms with Crippen LogP contribution in [0.5, 0.6) is 5.75 Å². The average molecular weight is 389 g/mol. The lowest BCUT2D eigenvalue weighted by Gasteiger charge is -2.08. The molecule has 0 unspecified atom stereocenters. The van der Waals surface area contributed by atoms with Crippen molar-refractivity contribution in [1.82, 2.24) is 4.98 Å². The number of aromatic nitrogens is 1. The molecule has 0 saturated carbocycles. The Kier molecular flexibility index (Phi) is 6.66. The van der Waals surface area contributed by atoms with Gasteiger partial charge in [0.1, 0.15) is 16.8 Å². The van der Waals surface area contributed by atoms with Gasteiger partial charge in [0.15, 0.2) is 0 Å². The second-order valence-electron chi connectivity index (χ2n) is 5.82. The van der Waals surface area contributed by atoms with Crippen molar-refractivity contribution in [2.24, 2.45) is 0 Å². The first kappa shape index (κ1) is 19.5. The molecule has 1 N–H and O–H groups in total. The molecule has 3 rings (SSSR count). The first-order valence-electron chi connectivity index (χ1n) is 8.81. The average Bonchev–Trinajstić information content (AvgIpc) is 2.73. The first-order chi connectivity index (χ1) is 13.7. The molecule has 0 atom stereocenters. The van der Waals surface area contributed by atoms with E-state index in [0.717, 1.165) is 22.7 Å². The summed E-state index contributed by atoms with van der Waals surface area (Å²) < 4.78 is 5.46. The summed E-state index contributed by atoms with van der Waals surface area (Å²) in [5, 5.41) is 12.7. The summed E-state index contributed by atoms with van der Waals surface area (Å²) >= 11 is 1.25. The number of benzene rings is 2. The predicted molar refractivity (Wildman–Crippen MR) is 111 cm³/mol. The summed E-state index contributed by atoms with van der Waals surface area (Å²) in [7, 11) is 0. The van der Waals surface area contributed by atoms with Gasteiger partial charge in [0.2, 0.25) is 5.91 Å². The molecule has 0 aliphatic heterocycles. The summed E-state index contributed by atoms with van der Waals surface area (Å²) in [5.41, 5.74) is 2.86. The molecule has 1 heterocycles. The summed E-state index contributed by atoms with van der Waals surface area (Å²) in [6, 6.07) is 22.6. The SMILES string of the molecule is CCOc1ccc(-c2ccc(C#N)c(SCC(=O)Nc3ccccc3)n2)cc1. The van der Waals surface area contributed by atoms with Crippen LogP contribution in [0.15, 0.2) is 71.8 Å². The van der Waals surface area contributed by atoms with E-state index in [4.69, 9.17) is 4.74 Å². The highest BCUT2D eigenvalue weighted by molar-refractivity contribution is 8.00. The lowest BCUT2D eigenvalue weighted by atomic mass is 10.1. The number of pyridine rings is 1. The lowest BCUT2D eigenvalue weighted by Crippen LogP contribution is -2.14. The van der Waals surface area contributed by atoms with E-state index in [1.165, 1.54) is 11.8 Å². The molecule has 0 aliphatic carbocycles. The number of nitrogens with one attached hydrogen (secondary N) is 1. The van der Waals surface area contributed by atoms with E-state index < -0.39 is 0 Å². The van der Waals surface area contributed by atoms with Gasteiger partial charge in [-0.15, -0.1) is 0 Å². The number of anilines is 1. The molecule has 0 saturated heterocycles. The number of nitriles is 1. The molecule has 0 bridgehead atoms. The van der Waals surface area contributed by atoms with E-state index in [1.807, 2.05) is 67.6 Å². The Bertz CT molecular complexity index is 983. The summed E-state index contributed by atoms with van der Waals surface area (Å²) in [4.78, 5) is 16.8. The second kappa shape index (κ2) is 9.58. The molecule has 140 valence electrons. The van der Waals surface area contributed by atoms with Gasteiger partial charge in [0, 0.05) is 11.3 Å². The number of rotatable bonds is 7. The van der Waals surface area contributed by atoms with E-state index in [2.05, 4.69) is 16.4 Å². The summed E-state index contributed by atoms with van der Waals surface area (Å²) in [5.74, 6) is 0.823. The minimum absolute atomic E-state index is 0.145. The van der Waals surface area contributed by atoms with Crippen LogP contribution in [0.4, 0.5) is 5.69 Å². The molecule has 28 heavy (non-hydrogen) atoms. The fourth-order valence-electron chi connectivity index (χ4n) is 2.54. The van der Waals surface area contributed by atoms with Crippen molar-refractivity contribution in [2.45, 2.75) is 11.9 Å². The van der Waals surface area contributed by atoms with Crippen LogP contribution >= 0.6 is 11.8 Å². The summed E-state index contributed by atoms with van der Waals surface area (Å²) in [6.07, 6.45) is 0. The molecule has 6 heteroatoms. The predicted octanol–water partition coefficient (Wildman–Crippen LogP) is 4.75. The van der Waals surface area contributed by atoms with Crippen LogP contribution < -0.4 is 10.1 Å². The topological polar surface area (TPSA) is 75.0 Å². The molecule has 3 aromatic rings. The highest BCUT2D eigenvalue weighted by Crippen LogP contribution is 2.26. The zero-order valence-electron chi connectivity index (χ0n) is 15.4. The maximum absolute atomic E-state index is 12.2. The molecule has 0 spiro atoms. The van der Waals surface area contributed by atoms with E-state index in [-0.39, 0.29) is 11.7 Å². The number of nitrogens with zero attached hydrogens (tertiary/aromatic N) is 2.